The zero-order valence-corrected chi connectivity index (χ0v) is 21.4. The van der Waals surface area contributed by atoms with E-state index in [9.17, 15) is 4.79 Å². The molecule has 2 aromatic rings. The van der Waals surface area contributed by atoms with E-state index in [-0.39, 0.29) is 0 Å². The molecule has 0 aliphatic rings. The van der Waals surface area contributed by atoms with Crippen LogP contribution in [0.1, 0.15) is 62.3 Å². The predicted molar refractivity (Wildman–Crippen MR) is 132 cm³/mol. The zero-order chi connectivity index (χ0) is 23.4. The number of para-hydroxylation sites is 1. The molecule has 0 aliphatic heterocycles. The molecule has 4 nitrogen and oxygen atoms in total. The molecule has 0 saturated heterocycles. The van der Waals surface area contributed by atoms with Crippen molar-refractivity contribution in [2.75, 3.05) is 4.90 Å². The van der Waals surface area contributed by atoms with Crippen LogP contribution >= 0.6 is 0 Å². The Balaban J connectivity index is 2.68. The normalized spacial score (nSPS) is 12.1. The van der Waals surface area contributed by atoms with E-state index >= 15 is 0 Å². The summed E-state index contributed by atoms with van der Waals surface area (Å²) in [5.41, 5.74) is 6.90. The summed E-state index contributed by atoms with van der Waals surface area (Å²) < 4.78 is 11.0. The molecule has 1 heterocycles. The number of furan rings is 1. The Hall–Kier alpha value is -2.45. The summed E-state index contributed by atoms with van der Waals surface area (Å²) in [5, 5.41) is 0. The van der Waals surface area contributed by atoms with Crippen LogP contribution in [0, 0.1) is 11.6 Å². The van der Waals surface area contributed by atoms with Crippen LogP contribution < -0.4 is 4.90 Å². The van der Waals surface area contributed by atoms with Crippen LogP contribution in [0.15, 0.2) is 47.3 Å². The van der Waals surface area contributed by atoms with Crippen molar-refractivity contribution in [3.8, 4) is 22.7 Å². The van der Waals surface area contributed by atoms with Gasteiger partial charge in [0, 0.05) is 17.2 Å². The Labute approximate surface area is 189 Å². The number of anilines is 1. The van der Waals surface area contributed by atoms with Gasteiger partial charge in [-0.25, -0.2) is 9.69 Å². The summed E-state index contributed by atoms with van der Waals surface area (Å²) in [6.45, 7) is 19.2. The number of carbonyl (C=O) groups excluding carboxylic acids is 1. The number of nitrogens with zero attached hydrogens (tertiary/aromatic N) is 1. The third-order valence-electron chi connectivity index (χ3n) is 5.80. The number of hydrogen-bond acceptors (Lipinski definition) is 3. The van der Waals surface area contributed by atoms with E-state index in [1.165, 1.54) is 4.90 Å². The van der Waals surface area contributed by atoms with Gasteiger partial charge >= 0.3 is 6.09 Å². The Morgan fingerprint density at radius 1 is 1.00 bits per heavy atom. The number of ether oxygens (including phenoxy) is 1. The van der Waals surface area contributed by atoms with Crippen molar-refractivity contribution < 1.29 is 13.9 Å². The van der Waals surface area contributed by atoms with Crippen LogP contribution in [0.2, 0.25) is 16.6 Å². The number of benzene rings is 1. The van der Waals surface area contributed by atoms with Crippen LogP contribution in [-0.2, 0) is 4.74 Å². The highest BCUT2D eigenvalue weighted by Crippen LogP contribution is 2.41. The summed E-state index contributed by atoms with van der Waals surface area (Å²) in [7, 11) is -2.04. The quantitative estimate of drug-likeness (QED) is 0.270. The fourth-order valence-corrected chi connectivity index (χ4v) is 9.60. The second kappa shape index (κ2) is 9.78. The first-order valence-electron chi connectivity index (χ1n) is 11.1. The highest BCUT2D eigenvalue weighted by atomic mass is 28.3. The monoisotopic (exact) mass is 439 g/mol. The van der Waals surface area contributed by atoms with Crippen molar-refractivity contribution in [1.29, 1.82) is 0 Å². The summed E-state index contributed by atoms with van der Waals surface area (Å²) in [6.07, 6.45) is 2.84. The van der Waals surface area contributed by atoms with E-state index in [4.69, 9.17) is 9.15 Å². The van der Waals surface area contributed by atoms with Crippen molar-refractivity contribution >= 4 is 19.9 Å². The van der Waals surface area contributed by atoms with Gasteiger partial charge in [0.05, 0.1) is 18.2 Å². The van der Waals surface area contributed by atoms with Gasteiger partial charge in [-0.15, -0.1) is 5.54 Å². The lowest BCUT2D eigenvalue weighted by Gasteiger charge is -2.38. The number of hydrogen-bond donors (Lipinski definition) is 0. The lowest BCUT2D eigenvalue weighted by molar-refractivity contribution is 0.0600. The molecule has 0 aliphatic carbocycles. The summed E-state index contributed by atoms with van der Waals surface area (Å²) in [4.78, 5) is 14.8. The second-order valence-electron chi connectivity index (χ2n) is 9.98. The highest BCUT2D eigenvalue weighted by molar-refractivity contribution is 6.90. The molecule has 5 heteroatoms. The molecule has 0 saturated carbocycles. The first kappa shape index (κ1) is 24.8. The average molecular weight is 440 g/mol. The predicted octanol–water partition coefficient (Wildman–Crippen LogP) is 7.87. The molecule has 1 amide bonds. The molecule has 0 fully saturated rings. The largest absolute Gasteiger partial charge is 0.472 e. The average Bonchev–Trinajstić information content (AvgIpc) is 3.17. The maximum atomic E-state index is 13.3. The molecule has 1 aromatic carbocycles. The van der Waals surface area contributed by atoms with E-state index in [1.54, 1.807) is 12.5 Å². The summed E-state index contributed by atoms with van der Waals surface area (Å²) in [5.74, 6) is 0. The Kier molecular flexibility index (Phi) is 7.83. The fraction of sp³-hybridized carbons (Fsp3) is 0.500. The minimum Gasteiger partial charge on any atom is -0.472 e. The Morgan fingerprint density at radius 3 is 2.06 bits per heavy atom. The van der Waals surface area contributed by atoms with Gasteiger partial charge in [0.1, 0.15) is 13.7 Å². The Bertz CT molecular complexity index is 906. The molecule has 1 aromatic heterocycles. The molecule has 0 spiro atoms. The molecular weight excluding hydrogens is 402 g/mol. The summed E-state index contributed by atoms with van der Waals surface area (Å²) >= 11 is 0. The van der Waals surface area contributed by atoms with Crippen LogP contribution in [0.25, 0.3) is 11.1 Å². The molecule has 31 heavy (non-hydrogen) atoms. The smallest absolute Gasteiger partial charge is 0.426 e. The zero-order valence-electron chi connectivity index (χ0n) is 20.4. The third-order valence-corrected chi connectivity index (χ3v) is 12.1. The van der Waals surface area contributed by atoms with Gasteiger partial charge < -0.3 is 9.15 Å². The van der Waals surface area contributed by atoms with E-state index in [2.05, 4.69) is 53.1 Å². The standard InChI is InChI=1S/C26H37NO3Si/c1-19(2)31(20(3)4,21(5)6)17-15-27(25(28)30-26(7,8)9)24-13-11-10-12-23(24)22-14-16-29-18-22/h10-14,16,18-21H,1-9H3. The molecule has 0 bridgehead atoms. The van der Waals surface area contributed by atoms with E-state index in [1.807, 2.05) is 51.1 Å². The Morgan fingerprint density at radius 2 is 1.58 bits per heavy atom. The van der Waals surface area contributed by atoms with E-state index in [0.717, 1.165) is 11.1 Å². The maximum absolute atomic E-state index is 13.3. The first-order chi connectivity index (χ1) is 14.4. The maximum Gasteiger partial charge on any atom is 0.426 e. The SMILES string of the molecule is CC(C)[Si](C#CN(C(=O)OC(C)(C)C)c1ccccc1-c1ccoc1)(C(C)C)C(C)C. The lowest BCUT2D eigenvalue weighted by Crippen LogP contribution is -2.44. The van der Waals surface area contributed by atoms with Crippen LogP contribution in [0.4, 0.5) is 10.5 Å². The van der Waals surface area contributed by atoms with Crippen LogP contribution in [-0.4, -0.2) is 19.8 Å². The van der Waals surface area contributed by atoms with Crippen molar-refractivity contribution in [3.63, 3.8) is 0 Å². The molecular formula is C26H37NO3Si. The van der Waals surface area contributed by atoms with Gasteiger partial charge in [0.25, 0.3) is 0 Å². The number of carbonyl (C=O) groups is 1. The van der Waals surface area contributed by atoms with Crippen LogP contribution in [0.3, 0.4) is 0 Å². The first-order valence-corrected chi connectivity index (χ1v) is 13.3. The number of rotatable bonds is 5. The van der Waals surface area contributed by atoms with Gasteiger partial charge in [-0.1, -0.05) is 59.7 Å². The van der Waals surface area contributed by atoms with Gasteiger partial charge in [0.15, 0.2) is 0 Å². The van der Waals surface area contributed by atoms with Gasteiger partial charge in [-0.2, -0.15) is 0 Å². The van der Waals surface area contributed by atoms with Crippen molar-refractivity contribution in [1.82, 2.24) is 0 Å². The van der Waals surface area contributed by atoms with Crippen molar-refractivity contribution in [3.05, 3.63) is 42.9 Å². The summed E-state index contributed by atoms with van der Waals surface area (Å²) in [6, 6.07) is 12.9. The molecule has 0 radical (unpaired) electrons. The van der Waals surface area contributed by atoms with E-state index in [0.29, 0.717) is 22.3 Å². The fourth-order valence-electron chi connectivity index (χ4n) is 4.43. The van der Waals surface area contributed by atoms with Gasteiger partial charge in [-0.3, -0.25) is 0 Å². The third kappa shape index (κ3) is 5.62. The van der Waals surface area contributed by atoms with Gasteiger partial charge in [-0.05, 0) is 49.5 Å². The van der Waals surface area contributed by atoms with E-state index < -0.39 is 19.8 Å². The second-order valence-corrected chi connectivity index (χ2v) is 15.6. The molecule has 0 N–H and O–H groups in total. The minimum atomic E-state index is -2.04. The highest BCUT2D eigenvalue weighted by Gasteiger charge is 2.42. The van der Waals surface area contributed by atoms with Crippen molar-refractivity contribution in [2.24, 2.45) is 0 Å². The minimum absolute atomic E-state index is 0.463. The lowest BCUT2D eigenvalue weighted by atomic mass is 10.1. The number of amides is 1. The van der Waals surface area contributed by atoms with Crippen molar-refractivity contribution in [2.45, 2.75) is 84.5 Å². The van der Waals surface area contributed by atoms with Gasteiger partial charge in [0.2, 0.25) is 0 Å². The molecule has 0 atom stereocenters. The van der Waals surface area contributed by atoms with Crippen LogP contribution in [0.5, 0.6) is 0 Å². The topological polar surface area (TPSA) is 42.7 Å². The molecule has 168 valence electrons. The molecule has 0 unspecified atom stereocenters. The molecule has 2 rings (SSSR count).